The Morgan fingerprint density at radius 3 is 2.64 bits per heavy atom. The first-order valence-electron chi connectivity index (χ1n) is 8.58. The summed E-state index contributed by atoms with van der Waals surface area (Å²) in [6.45, 7) is 11.1. The lowest BCUT2D eigenvalue weighted by atomic mass is 10.2. The van der Waals surface area contributed by atoms with Crippen LogP contribution in [0.2, 0.25) is 0 Å². The van der Waals surface area contributed by atoms with Crippen molar-refractivity contribution in [3.63, 3.8) is 0 Å². The smallest absolute Gasteiger partial charge is 0.191 e. The first-order chi connectivity index (χ1) is 10.8. The quantitative estimate of drug-likeness (QED) is 0.544. The Bertz CT molecular complexity index is 436. The van der Waals surface area contributed by atoms with E-state index in [-0.39, 0.29) is 6.04 Å². The lowest BCUT2D eigenvalue weighted by Crippen LogP contribution is -2.39. The van der Waals surface area contributed by atoms with Gasteiger partial charge in [0.1, 0.15) is 5.76 Å². The zero-order valence-corrected chi connectivity index (χ0v) is 14.1. The molecule has 1 aliphatic carbocycles. The summed E-state index contributed by atoms with van der Waals surface area (Å²) in [7, 11) is 0. The van der Waals surface area contributed by atoms with Gasteiger partial charge in [-0.1, -0.05) is 13.8 Å². The molecule has 124 valence electrons. The maximum absolute atomic E-state index is 5.63. The monoisotopic (exact) mass is 306 g/mol. The average Bonchev–Trinajstić information content (AvgIpc) is 3.21. The fourth-order valence-corrected chi connectivity index (χ4v) is 2.61. The van der Waals surface area contributed by atoms with Crippen LogP contribution in [0, 0.1) is 5.92 Å². The van der Waals surface area contributed by atoms with Gasteiger partial charge < -0.3 is 15.1 Å². The summed E-state index contributed by atoms with van der Waals surface area (Å²) in [6, 6.07) is 4.19. The summed E-state index contributed by atoms with van der Waals surface area (Å²) in [5, 5.41) is 6.78. The van der Waals surface area contributed by atoms with E-state index in [0.717, 1.165) is 43.8 Å². The number of hydrogen-bond acceptors (Lipinski definition) is 3. The molecule has 1 unspecified atom stereocenters. The van der Waals surface area contributed by atoms with Crippen molar-refractivity contribution in [2.24, 2.45) is 10.9 Å². The van der Waals surface area contributed by atoms with E-state index in [0.29, 0.717) is 6.54 Å². The molecule has 2 rings (SSSR count). The van der Waals surface area contributed by atoms with Crippen molar-refractivity contribution in [3.05, 3.63) is 24.2 Å². The standard InChI is InChI=1S/C17H30N4O/c1-4-18-17(19-12-14-9-10-14)20-13-15(21(5-2)6-3)16-8-7-11-22-16/h7-8,11,14-15H,4-6,9-10,12-13H2,1-3H3,(H2,18,19,20). The van der Waals surface area contributed by atoms with Crippen LogP contribution < -0.4 is 10.6 Å². The molecule has 1 fully saturated rings. The van der Waals surface area contributed by atoms with Crippen LogP contribution in [0.3, 0.4) is 0 Å². The molecular weight excluding hydrogens is 276 g/mol. The molecule has 1 saturated carbocycles. The number of likely N-dealkylation sites (N-methyl/N-ethyl adjacent to an activating group) is 1. The second kappa shape index (κ2) is 8.83. The van der Waals surface area contributed by atoms with Crippen LogP contribution >= 0.6 is 0 Å². The van der Waals surface area contributed by atoms with Gasteiger partial charge in [-0.25, -0.2) is 0 Å². The molecule has 1 atom stereocenters. The van der Waals surface area contributed by atoms with Crippen molar-refractivity contribution in [2.45, 2.75) is 39.7 Å². The van der Waals surface area contributed by atoms with Gasteiger partial charge in [0.25, 0.3) is 0 Å². The van der Waals surface area contributed by atoms with Crippen LogP contribution in [0.1, 0.15) is 45.4 Å². The third-order valence-electron chi connectivity index (χ3n) is 4.15. The van der Waals surface area contributed by atoms with Crippen molar-refractivity contribution in [3.8, 4) is 0 Å². The Balaban J connectivity index is 2.01. The predicted molar refractivity (Wildman–Crippen MR) is 91.1 cm³/mol. The van der Waals surface area contributed by atoms with Gasteiger partial charge in [-0.2, -0.15) is 0 Å². The van der Waals surface area contributed by atoms with E-state index >= 15 is 0 Å². The molecule has 2 N–H and O–H groups in total. The number of nitrogens with one attached hydrogen (secondary N) is 2. The molecule has 1 aromatic heterocycles. The molecule has 5 heteroatoms. The minimum absolute atomic E-state index is 0.196. The van der Waals surface area contributed by atoms with Gasteiger partial charge in [0.2, 0.25) is 0 Å². The summed E-state index contributed by atoms with van der Waals surface area (Å²) in [5.41, 5.74) is 0. The fourth-order valence-electron chi connectivity index (χ4n) is 2.61. The average molecular weight is 306 g/mol. The second-order valence-corrected chi connectivity index (χ2v) is 5.80. The first kappa shape index (κ1) is 16.9. The van der Waals surface area contributed by atoms with Crippen molar-refractivity contribution in [1.29, 1.82) is 0 Å². The highest BCUT2D eigenvalue weighted by Gasteiger charge is 2.22. The highest BCUT2D eigenvalue weighted by Crippen LogP contribution is 2.27. The van der Waals surface area contributed by atoms with Crippen molar-refractivity contribution in [1.82, 2.24) is 15.5 Å². The first-order valence-corrected chi connectivity index (χ1v) is 8.58. The minimum Gasteiger partial charge on any atom is -0.468 e. The Kier molecular flexibility index (Phi) is 6.77. The second-order valence-electron chi connectivity index (χ2n) is 5.80. The van der Waals surface area contributed by atoms with Gasteiger partial charge in [-0.15, -0.1) is 0 Å². The van der Waals surface area contributed by atoms with Crippen LogP contribution in [0.25, 0.3) is 0 Å². The lowest BCUT2D eigenvalue weighted by Gasteiger charge is -2.27. The molecule has 1 aliphatic rings. The number of hydrogen-bond donors (Lipinski definition) is 2. The Hall–Kier alpha value is -1.49. The molecule has 0 radical (unpaired) electrons. The summed E-state index contributed by atoms with van der Waals surface area (Å²) < 4.78 is 5.63. The third kappa shape index (κ3) is 5.05. The molecule has 0 aromatic carbocycles. The minimum atomic E-state index is 0.196. The van der Waals surface area contributed by atoms with Crippen molar-refractivity contribution >= 4 is 5.96 Å². The zero-order valence-electron chi connectivity index (χ0n) is 14.1. The molecule has 1 aromatic rings. The molecule has 0 bridgehead atoms. The van der Waals surface area contributed by atoms with Gasteiger partial charge in [0.15, 0.2) is 5.96 Å². The molecule has 0 saturated heterocycles. The fraction of sp³-hybridized carbons (Fsp3) is 0.706. The maximum Gasteiger partial charge on any atom is 0.191 e. The molecule has 22 heavy (non-hydrogen) atoms. The van der Waals surface area contributed by atoms with Crippen LogP contribution in [-0.4, -0.2) is 43.6 Å². The summed E-state index contributed by atoms with van der Waals surface area (Å²) in [6.07, 6.45) is 4.44. The van der Waals surface area contributed by atoms with E-state index in [4.69, 9.17) is 9.41 Å². The van der Waals surface area contributed by atoms with E-state index in [9.17, 15) is 0 Å². The molecular formula is C17H30N4O. The third-order valence-corrected chi connectivity index (χ3v) is 4.15. The van der Waals surface area contributed by atoms with Crippen LogP contribution in [0.4, 0.5) is 0 Å². The van der Waals surface area contributed by atoms with Gasteiger partial charge in [0.05, 0.1) is 18.8 Å². The van der Waals surface area contributed by atoms with E-state index in [2.05, 4.69) is 36.3 Å². The Morgan fingerprint density at radius 1 is 1.32 bits per heavy atom. The molecule has 0 aliphatic heterocycles. The largest absolute Gasteiger partial charge is 0.468 e. The highest BCUT2D eigenvalue weighted by atomic mass is 16.3. The van der Waals surface area contributed by atoms with E-state index < -0.39 is 0 Å². The van der Waals surface area contributed by atoms with Crippen LogP contribution in [-0.2, 0) is 0 Å². The molecule has 5 nitrogen and oxygen atoms in total. The number of guanidine groups is 1. The molecule has 0 spiro atoms. The number of furan rings is 1. The van der Waals surface area contributed by atoms with E-state index in [1.165, 1.54) is 12.8 Å². The van der Waals surface area contributed by atoms with E-state index in [1.54, 1.807) is 6.26 Å². The topological polar surface area (TPSA) is 52.8 Å². The normalized spacial score (nSPS) is 16.8. The summed E-state index contributed by atoms with van der Waals surface area (Å²) >= 11 is 0. The van der Waals surface area contributed by atoms with Crippen molar-refractivity contribution in [2.75, 3.05) is 32.7 Å². The van der Waals surface area contributed by atoms with Crippen LogP contribution in [0.15, 0.2) is 27.8 Å². The maximum atomic E-state index is 5.63. The number of nitrogens with zero attached hydrogens (tertiary/aromatic N) is 2. The summed E-state index contributed by atoms with van der Waals surface area (Å²) in [4.78, 5) is 7.16. The van der Waals surface area contributed by atoms with Gasteiger partial charge in [0, 0.05) is 13.1 Å². The Morgan fingerprint density at radius 2 is 2.09 bits per heavy atom. The van der Waals surface area contributed by atoms with Crippen LogP contribution in [0.5, 0.6) is 0 Å². The molecule has 1 heterocycles. The van der Waals surface area contributed by atoms with Gasteiger partial charge >= 0.3 is 0 Å². The predicted octanol–water partition coefficient (Wildman–Crippen LogP) is 2.63. The zero-order chi connectivity index (χ0) is 15.8. The number of rotatable bonds is 9. The number of aliphatic imine (C=N–C) groups is 1. The van der Waals surface area contributed by atoms with Gasteiger partial charge in [-0.3, -0.25) is 9.89 Å². The van der Waals surface area contributed by atoms with E-state index in [1.807, 2.05) is 12.1 Å². The summed E-state index contributed by atoms with van der Waals surface area (Å²) in [5.74, 6) is 2.75. The Labute approximate surface area is 134 Å². The van der Waals surface area contributed by atoms with Crippen molar-refractivity contribution < 1.29 is 4.42 Å². The SMILES string of the molecule is CCNC(=NCC(c1ccco1)N(CC)CC)NCC1CC1. The lowest BCUT2D eigenvalue weighted by molar-refractivity contribution is 0.198. The molecule has 0 amide bonds. The van der Waals surface area contributed by atoms with Gasteiger partial charge in [-0.05, 0) is 50.9 Å². The highest BCUT2D eigenvalue weighted by molar-refractivity contribution is 5.79.